The van der Waals surface area contributed by atoms with Gasteiger partial charge in [0, 0.05) is 15.6 Å². The summed E-state index contributed by atoms with van der Waals surface area (Å²) in [5.74, 6) is 0.443. The number of benzene rings is 4. The van der Waals surface area contributed by atoms with Gasteiger partial charge in [-0.2, -0.15) is 13.5 Å². The lowest BCUT2D eigenvalue weighted by Crippen LogP contribution is -2.18. The molecule has 4 aromatic carbocycles. The fraction of sp³-hybridized carbons (Fsp3) is 0.0714. The highest BCUT2D eigenvalue weighted by molar-refractivity contribution is 9.10. The summed E-state index contributed by atoms with van der Waals surface area (Å²) in [5, 5.41) is 3.98. The first-order valence-electron chi connectivity index (χ1n) is 11.3. The molecule has 0 aliphatic heterocycles. The third-order valence-electron chi connectivity index (χ3n) is 5.24. The van der Waals surface area contributed by atoms with Gasteiger partial charge in [0.25, 0.3) is 5.91 Å². The highest BCUT2D eigenvalue weighted by Gasteiger charge is 2.18. The maximum absolute atomic E-state index is 12.7. The molecule has 194 valence electrons. The van der Waals surface area contributed by atoms with Crippen LogP contribution in [0.1, 0.15) is 21.5 Å². The van der Waals surface area contributed by atoms with Crippen molar-refractivity contribution in [3.63, 3.8) is 0 Å². The minimum absolute atomic E-state index is 0.0178. The molecule has 4 aromatic rings. The van der Waals surface area contributed by atoms with E-state index in [1.54, 1.807) is 48.5 Å². The summed E-state index contributed by atoms with van der Waals surface area (Å²) in [7, 11) is -2.57. The number of hydrogen-bond donors (Lipinski definition) is 1. The quantitative estimate of drug-likeness (QED) is 0.146. The van der Waals surface area contributed by atoms with Crippen molar-refractivity contribution in [2.45, 2.75) is 11.5 Å². The van der Waals surface area contributed by atoms with Crippen molar-refractivity contribution in [1.29, 1.82) is 0 Å². The normalized spacial score (nSPS) is 11.2. The van der Waals surface area contributed by atoms with Crippen molar-refractivity contribution >= 4 is 38.2 Å². The number of nitrogens with one attached hydrogen (secondary N) is 1. The highest BCUT2D eigenvalue weighted by atomic mass is 79.9. The smallest absolute Gasteiger partial charge is 0.339 e. The summed E-state index contributed by atoms with van der Waals surface area (Å²) in [6, 6.07) is 27.0. The van der Waals surface area contributed by atoms with Crippen LogP contribution in [-0.4, -0.2) is 27.6 Å². The van der Waals surface area contributed by atoms with E-state index in [1.165, 1.54) is 31.5 Å². The van der Waals surface area contributed by atoms with Gasteiger partial charge in [-0.25, -0.2) is 5.43 Å². The molecule has 0 aliphatic carbocycles. The van der Waals surface area contributed by atoms with Gasteiger partial charge in [0.15, 0.2) is 17.2 Å². The van der Waals surface area contributed by atoms with E-state index in [9.17, 15) is 13.2 Å². The zero-order valence-electron chi connectivity index (χ0n) is 20.2. The second-order valence-corrected chi connectivity index (χ2v) is 10.3. The van der Waals surface area contributed by atoms with E-state index in [2.05, 4.69) is 26.5 Å². The Balaban J connectivity index is 1.45. The third-order valence-corrected chi connectivity index (χ3v) is 6.98. The van der Waals surface area contributed by atoms with E-state index in [0.29, 0.717) is 33.7 Å². The van der Waals surface area contributed by atoms with Crippen molar-refractivity contribution in [2.75, 3.05) is 7.11 Å². The average molecular weight is 595 g/mol. The molecule has 0 aromatic heterocycles. The first kappa shape index (κ1) is 26.9. The molecule has 8 nitrogen and oxygen atoms in total. The number of hydrazone groups is 1. The minimum atomic E-state index is -4.06. The number of methoxy groups -OCH3 is 1. The molecule has 4 rings (SSSR count). The molecule has 1 N–H and O–H groups in total. The number of ether oxygens (including phenoxy) is 2. The van der Waals surface area contributed by atoms with Gasteiger partial charge in [-0.1, -0.05) is 64.5 Å². The predicted octanol–water partition coefficient (Wildman–Crippen LogP) is 5.57. The number of halogens is 1. The Morgan fingerprint density at radius 1 is 0.895 bits per heavy atom. The van der Waals surface area contributed by atoms with Gasteiger partial charge in [0.2, 0.25) is 0 Å². The van der Waals surface area contributed by atoms with E-state index in [0.717, 1.165) is 5.56 Å². The van der Waals surface area contributed by atoms with Gasteiger partial charge < -0.3 is 13.7 Å². The monoisotopic (exact) mass is 594 g/mol. The standard InChI is InChI=1S/C28H23BrN2O6S/c1-35-27-17-21(12-14-26(27)36-19-20-8-4-2-5-9-20)28(32)31-30-18-22-16-23(29)13-15-25(22)37-38(33,34)24-10-6-3-7-11-24/h2-18H,19H2,1H3,(H,31,32)/b30-18+. The van der Waals surface area contributed by atoms with Crippen LogP contribution in [0.5, 0.6) is 17.2 Å². The molecule has 0 saturated heterocycles. The zero-order chi connectivity index (χ0) is 27.0. The van der Waals surface area contributed by atoms with Crippen LogP contribution in [-0.2, 0) is 16.7 Å². The lowest BCUT2D eigenvalue weighted by Gasteiger charge is -2.12. The fourth-order valence-corrected chi connectivity index (χ4v) is 4.69. The number of rotatable bonds is 10. The van der Waals surface area contributed by atoms with E-state index in [1.807, 2.05) is 30.3 Å². The van der Waals surface area contributed by atoms with Crippen molar-refractivity contribution in [3.05, 3.63) is 118 Å². The predicted molar refractivity (Wildman–Crippen MR) is 147 cm³/mol. The Morgan fingerprint density at radius 3 is 2.29 bits per heavy atom. The molecule has 0 spiro atoms. The first-order valence-corrected chi connectivity index (χ1v) is 13.5. The van der Waals surface area contributed by atoms with Crippen LogP contribution in [0.3, 0.4) is 0 Å². The first-order chi connectivity index (χ1) is 18.4. The average Bonchev–Trinajstić information content (AvgIpc) is 2.94. The van der Waals surface area contributed by atoms with Gasteiger partial charge in [-0.05, 0) is 54.1 Å². The molecular formula is C28H23BrN2O6S. The Labute approximate surface area is 229 Å². The molecule has 0 atom stereocenters. The van der Waals surface area contributed by atoms with Crippen LogP contribution in [0.15, 0.2) is 112 Å². The highest BCUT2D eigenvalue weighted by Crippen LogP contribution is 2.29. The fourth-order valence-electron chi connectivity index (χ4n) is 3.34. The van der Waals surface area contributed by atoms with Gasteiger partial charge >= 0.3 is 10.1 Å². The molecule has 0 unspecified atom stereocenters. The molecular weight excluding hydrogens is 572 g/mol. The van der Waals surface area contributed by atoms with E-state index < -0.39 is 16.0 Å². The maximum Gasteiger partial charge on any atom is 0.339 e. The lowest BCUT2D eigenvalue weighted by molar-refractivity contribution is 0.0954. The number of amides is 1. The number of hydrogen-bond acceptors (Lipinski definition) is 7. The van der Waals surface area contributed by atoms with Crippen molar-refractivity contribution in [1.82, 2.24) is 5.43 Å². The van der Waals surface area contributed by atoms with Crippen LogP contribution in [0.4, 0.5) is 0 Å². The second kappa shape index (κ2) is 12.4. The van der Waals surface area contributed by atoms with E-state index >= 15 is 0 Å². The lowest BCUT2D eigenvalue weighted by atomic mass is 10.2. The van der Waals surface area contributed by atoms with E-state index in [4.69, 9.17) is 13.7 Å². The van der Waals surface area contributed by atoms with Crippen LogP contribution in [0.25, 0.3) is 0 Å². The zero-order valence-corrected chi connectivity index (χ0v) is 22.6. The largest absolute Gasteiger partial charge is 0.493 e. The molecule has 38 heavy (non-hydrogen) atoms. The van der Waals surface area contributed by atoms with Crippen LogP contribution in [0.2, 0.25) is 0 Å². The number of carbonyl (C=O) groups excluding carboxylic acids is 1. The number of nitrogens with zero attached hydrogens (tertiary/aromatic N) is 1. The van der Waals surface area contributed by atoms with Crippen molar-refractivity contribution in [2.24, 2.45) is 5.10 Å². The third kappa shape index (κ3) is 6.99. The van der Waals surface area contributed by atoms with Crippen LogP contribution in [0, 0.1) is 0 Å². The van der Waals surface area contributed by atoms with Crippen LogP contribution >= 0.6 is 15.9 Å². The summed E-state index contributed by atoms with van der Waals surface area (Å²) in [6.07, 6.45) is 1.30. The van der Waals surface area contributed by atoms with Gasteiger partial charge in [0.1, 0.15) is 11.5 Å². The summed E-state index contributed by atoms with van der Waals surface area (Å²) < 4.78 is 42.5. The van der Waals surface area contributed by atoms with Crippen molar-refractivity contribution < 1.29 is 26.9 Å². The summed E-state index contributed by atoms with van der Waals surface area (Å²) >= 11 is 3.35. The topological polar surface area (TPSA) is 103 Å². The SMILES string of the molecule is COc1cc(C(=O)N/N=C/c2cc(Br)ccc2OS(=O)(=O)c2ccccc2)ccc1OCc1ccccc1. The Hall–Kier alpha value is -4.15. The molecule has 0 radical (unpaired) electrons. The molecule has 0 aliphatic rings. The summed E-state index contributed by atoms with van der Waals surface area (Å²) in [5.41, 5.74) is 4.06. The van der Waals surface area contributed by atoms with E-state index in [-0.39, 0.29) is 10.6 Å². The molecule has 0 fully saturated rings. The van der Waals surface area contributed by atoms with Crippen LogP contribution < -0.4 is 19.1 Å². The second-order valence-electron chi connectivity index (χ2n) is 7.87. The summed E-state index contributed by atoms with van der Waals surface area (Å²) in [4.78, 5) is 12.7. The Bertz CT molecular complexity index is 1540. The van der Waals surface area contributed by atoms with Gasteiger partial charge in [-0.15, -0.1) is 0 Å². The molecule has 0 saturated carbocycles. The Kier molecular flexibility index (Phi) is 8.77. The maximum atomic E-state index is 12.7. The van der Waals surface area contributed by atoms with Crippen molar-refractivity contribution in [3.8, 4) is 17.2 Å². The molecule has 0 bridgehead atoms. The Morgan fingerprint density at radius 2 is 1.58 bits per heavy atom. The number of carbonyl (C=O) groups is 1. The molecule has 0 heterocycles. The molecule has 1 amide bonds. The van der Waals surface area contributed by atoms with Gasteiger partial charge in [-0.3, -0.25) is 4.79 Å². The minimum Gasteiger partial charge on any atom is -0.493 e. The van der Waals surface area contributed by atoms with Gasteiger partial charge in [0.05, 0.1) is 13.3 Å². The molecule has 10 heteroatoms. The summed E-state index contributed by atoms with van der Waals surface area (Å²) in [6.45, 7) is 0.351.